The molecule has 1 rings (SSSR count). The van der Waals surface area contributed by atoms with E-state index in [1.807, 2.05) is 26.8 Å². The molecule has 0 spiro atoms. The van der Waals surface area contributed by atoms with E-state index >= 15 is 0 Å². The van der Waals surface area contributed by atoms with Crippen LogP contribution in [0.1, 0.15) is 26.3 Å². The quantitative estimate of drug-likeness (QED) is 0.818. The molecular weight excluding hydrogens is 233 g/mol. The van der Waals surface area contributed by atoms with Gasteiger partial charge in [0.25, 0.3) is 0 Å². The van der Waals surface area contributed by atoms with Crippen LogP contribution in [0, 0.1) is 11.7 Å². The van der Waals surface area contributed by atoms with Crippen molar-refractivity contribution in [2.45, 2.75) is 39.3 Å². The van der Waals surface area contributed by atoms with Gasteiger partial charge in [-0.1, -0.05) is 26.0 Å². The van der Waals surface area contributed by atoms with Crippen LogP contribution in [0.3, 0.4) is 0 Å². The first-order valence-corrected chi connectivity index (χ1v) is 6.13. The smallest absolute Gasteiger partial charge is 0.320 e. The molecular formula is C14H20FNO2. The Bertz CT molecular complexity index is 407. The fraction of sp³-hybridized carbons (Fsp3) is 0.500. The molecule has 1 aromatic carbocycles. The van der Waals surface area contributed by atoms with E-state index in [0.717, 1.165) is 5.56 Å². The molecule has 0 saturated heterocycles. The van der Waals surface area contributed by atoms with Crippen molar-refractivity contribution < 1.29 is 14.3 Å². The van der Waals surface area contributed by atoms with E-state index in [2.05, 4.69) is 5.32 Å². The third-order valence-electron chi connectivity index (χ3n) is 2.83. The van der Waals surface area contributed by atoms with Crippen molar-refractivity contribution in [1.82, 2.24) is 5.32 Å². The summed E-state index contributed by atoms with van der Waals surface area (Å²) in [6.45, 7) is 5.63. The Morgan fingerprint density at radius 1 is 1.39 bits per heavy atom. The number of carboxylic acids is 1. The number of carboxylic acid groups (broad SMARTS) is 1. The largest absolute Gasteiger partial charge is 0.480 e. The number of hydrogen-bond acceptors (Lipinski definition) is 2. The zero-order valence-corrected chi connectivity index (χ0v) is 11.0. The lowest BCUT2D eigenvalue weighted by Gasteiger charge is -2.23. The minimum atomic E-state index is -0.851. The summed E-state index contributed by atoms with van der Waals surface area (Å²) in [4.78, 5) is 11.1. The lowest BCUT2D eigenvalue weighted by molar-refractivity contribution is -0.140. The summed E-state index contributed by atoms with van der Waals surface area (Å²) in [5, 5.41) is 12.1. The maximum atomic E-state index is 13.0. The molecule has 0 fully saturated rings. The second-order valence-electron chi connectivity index (χ2n) is 4.96. The molecule has 0 aromatic heterocycles. The van der Waals surface area contributed by atoms with E-state index in [1.165, 1.54) is 12.1 Å². The van der Waals surface area contributed by atoms with Crippen LogP contribution in [0.5, 0.6) is 0 Å². The Morgan fingerprint density at radius 3 is 2.56 bits per heavy atom. The van der Waals surface area contributed by atoms with E-state index in [9.17, 15) is 9.18 Å². The molecule has 0 aliphatic carbocycles. The third kappa shape index (κ3) is 4.45. The minimum absolute atomic E-state index is 0.0115. The number of nitrogens with one attached hydrogen (secondary N) is 1. The van der Waals surface area contributed by atoms with Crippen molar-refractivity contribution in [3.8, 4) is 0 Å². The van der Waals surface area contributed by atoms with Gasteiger partial charge in [0.2, 0.25) is 0 Å². The van der Waals surface area contributed by atoms with Gasteiger partial charge in [-0.05, 0) is 37.0 Å². The minimum Gasteiger partial charge on any atom is -0.480 e. The first kappa shape index (κ1) is 14.6. The van der Waals surface area contributed by atoms with Gasteiger partial charge in [-0.2, -0.15) is 0 Å². The van der Waals surface area contributed by atoms with Crippen molar-refractivity contribution >= 4 is 5.97 Å². The van der Waals surface area contributed by atoms with Crippen LogP contribution in [-0.2, 0) is 11.2 Å². The summed E-state index contributed by atoms with van der Waals surface area (Å²) in [6.07, 6.45) is 0.605. The average molecular weight is 253 g/mol. The van der Waals surface area contributed by atoms with Crippen LogP contribution in [0.25, 0.3) is 0 Å². The van der Waals surface area contributed by atoms with Gasteiger partial charge in [0, 0.05) is 6.04 Å². The second kappa shape index (κ2) is 6.50. The van der Waals surface area contributed by atoms with Gasteiger partial charge >= 0.3 is 5.97 Å². The lowest BCUT2D eigenvalue weighted by Crippen LogP contribution is -2.46. The predicted molar refractivity (Wildman–Crippen MR) is 69.0 cm³/mol. The van der Waals surface area contributed by atoms with Crippen molar-refractivity contribution in [1.29, 1.82) is 0 Å². The van der Waals surface area contributed by atoms with Gasteiger partial charge < -0.3 is 10.4 Å². The molecule has 0 radical (unpaired) electrons. The molecule has 1 aromatic rings. The van der Waals surface area contributed by atoms with E-state index < -0.39 is 12.0 Å². The summed E-state index contributed by atoms with van der Waals surface area (Å²) in [5.74, 6) is -1.10. The Kier molecular flexibility index (Phi) is 5.28. The lowest BCUT2D eigenvalue weighted by atomic mass is 10.0. The average Bonchev–Trinajstić information content (AvgIpc) is 2.25. The number of rotatable bonds is 6. The standard InChI is InChI=1S/C14H20FNO2/c1-9(2)13(14(17)18)16-10(3)7-11-5-4-6-12(15)8-11/h4-6,8-10,13,16H,7H2,1-3H3,(H,17,18). The molecule has 18 heavy (non-hydrogen) atoms. The van der Waals surface area contributed by atoms with Gasteiger partial charge in [-0.15, -0.1) is 0 Å². The van der Waals surface area contributed by atoms with Gasteiger partial charge in [0.05, 0.1) is 0 Å². The highest BCUT2D eigenvalue weighted by molar-refractivity contribution is 5.73. The summed E-state index contributed by atoms with van der Waals surface area (Å²) in [6, 6.07) is 5.78. The molecule has 0 heterocycles. The van der Waals surface area contributed by atoms with Crippen molar-refractivity contribution in [3.05, 3.63) is 35.6 Å². The zero-order chi connectivity index (χ0) is 13.7. The predicted octanol–water partition coefficient (Wildman–Crippen LogP) is 2.46. The second-order valence-corrected chi connectivity index (χ2v) is 4.96. The molecule has 2 unspecified atom stereocenters. The summed E-state index contributed by atoms with van der Waals surface area (Å²) in [5.41, 5.74) is 0.864. The first-order valence-electron chi connectivity index (χ1n) is 6.13. The normalized spacial score (nSPS) is 14.5. The number of hydrogen-bond donors (Lipinski definition) is 2. The molecule has 2 atom stereocenters. The number of carbonyl (C=O) groups is 1. The van der Waals surface area contributed by atoms with Crippen molar-refractivity contribution in [2.75, 3.05) is 0 Å². The monoisotopic (exact) mass is 253 g/mol. The van der Waals surface area contributed by atoms with E-state index in [1.54, 1.807) is 6.07 Å². The van der Waals surface area contributed by atoms with Crippen LogP contribution in [-0.4, -0.2) is 23.2 Å². The highest BCUT2D eigenvalue weighted by Crippen LogP contribution is 2.09. The van der Waals surface area contributed by atoms with Crippen LogP contribution in [0.15, 0.2) is 24.3 Å². The maximum Gasteiger partial charge on any atom is 0.320 e. The molecule has 100 valence electrons. The van der Waals surface area contributed by atoms with Crippen LogP contribution in [0.2, 0.25) is 0 Å². The maximum absolute atomic E-state index is 13.0. The Hall–Kier alpha value is -1.42. The molecule has 4 heteroatoms. The third-order valence-corrected chi connectivity index (χ3v) is 2.83. The summed E-state index contributed by atoms with van der Waals surface area (Å²) < 4.78 is 13.0. The number of aliphatic carboxylic acids is 1. The van der Waals surface area contributed by atoms with Crippen molar-refractivity contribution in [3.63, 3.8) is 0 Å². The summed E-state index contributed by atoms with van der Waals surface area (Å²) in [7, 11) is 0. The van der Waals surface area contributed by atoms with Crippen LogP contribution >= 0.6 is 0 Å². The zero-order valence-electron chi connectivity index (χ0n) is 11.0. The summed E-state index contributed by atoms with van der Waals surface area (Å²) >= 11 is 0. The van der Waals surface area contributed by atoms with E-state index in [4.69, 9.17) is 5.11 Å². The van der Waals surface area contributed by atoms with E-state index in [-0.39, 0.29) is 17.8 Å². The SMILES string of the molecule is CC(Cc1cccc(F)c1)NC(C(=O)O)C(C)C. The first-order chi connectivity index (χ1) is 8.40. The molecule has 0 bridgehead atoms. The van der Waals surface area contributed by atoms with Crippen LogP contribution < -0.4 is 5.32 Å². The molecule has 0 saturated carbocycles. The van der Waals surface area contributed by atoms with Crippen LogP contribution in [0.4, 0.5) is 4.39 Å². The molecule has 0 amide bonds. The van der Waals surface area contributed by atoms with Gasteiger partial charge in [-0.3, -0.25) is 4.79 Å². The Balaban J connectivity index is 2.60. The van der Waals surface area contributed by atoms with E-state index in [0.29, 0.717) is 6.42 Å². The Labute approximate surface area is 107 Å². The highest BCUT2D eigenvalue weighted by atomic mass is 19.1. The van der Waals surface area contributed by atoms with Gasteiger partial charge in [0.1, 0.15) is 11.9 Å². The molecule has 0 aliphatic rings. The topological polar surface area (TPSA) is 49.3 Å². The Morgan fingerprint density at radius 2 is 2.06 bits per heavy atom. The molecule has 2 N–H and O–H groups in total. The number of halogens is 1. The molecule has 0 aliphatic heterocycles. The number of benzene rings is 1. The van der Waals surface area contributed by atoms with Gasteiger partial charge in [0.15, 0.2) is 0 Å². The fourth-order valence-electron chi connectivity index (χ4n) is 1.93. The highest BCUT2D eigenvalue weighted by Gasteiger charge is 2.22. The fourth-order valence-corrected chi connectivity index (χ4v) is 1.93. The van der Waals surface area contributed by atoms with Gasteiger partial charge in [-0.25, -0.2) is 4.39 Å². The molecule has 3 nitrogen and oxygen atoms in total. The van der Waals surface area contributed by atoms with Crippen molar-refractivity contribution in [2.24, 2.45) is 5.92 Å².